The summed E-state index contributed by atoms with van der Waals surface area (Å²) in [5.74, 6) is 1.53. The van der Waals surface area contributed by atoms with E-state index in [1.807, 2.05) is 7.05 Å². The lowest BCUT2D eigenvalue weighted by Crippen LogP contribution is -2.48. The minimum Gasteiger partial charge on any atom is -0.379 e. The Bertz CT molecular complexity index is 548. The Hall–Kier alpha value is -0.900. The van der Waals surface area contributed by atoms with Gasteiger partial charge in [0.15, 0.2) is 15.8 Å². The van der Waals surface area contributed by atoms with Crippen LogP contribution in [0.1, 0.15) is 6.42 Å². The van der Waals surface area contributed by atoms with Crippen LogP contribution < -0.4 is 5.32 Å². The summed E-state index contributed by atoms with van der Waals surface area (Å²) in [5.41, 5.74) is 0. The number of nitrogens with zero attached hydrogens (tertiary/aromatic N) is 4. The maximum Gasteiger partial charge on any atom is 0.193 e. The lowest BCUT2D eigenvalue weighted by molar-refractivity contribution is 0.0195. The zero-order valence-electron chi connectivity index (χ0n) is 15.2. The third-order valence-corrected chi connectivity index (χ3v) is 6.99. The normalized spacial score (nSPS) is 29.1. The number of nitrogens with one attached hydrogen (secondary N) is 1. The van der Waals surface area contributed by atoms with E-state index < -0.39 is 9.84 Å². The van der Waals surface area contributed by atoms with Gasteiger partial charge in [-0.15, -0.1) is 0 Å². The van der Waals surface area contributed by atoms with E-state index in [1.165, 1.54) is 6.42 Å². The number of morpholine rings is 1. The molecule has 0 aliphatic carbocycles. The summed E-state index contributed by atoms with van der Waals surface area (Å²) in [4.78, 5) is 11.5. The van der Waals surface area contributed by atoms with Crippen molar-refractivity contribution >= 4 is 15.8 Å². The van der Waals surface area contributed by atoms with E-state index in [9.17, 15) is 8.42 Å². The molecule has 3 aliphatic rings. The van der Waals surface area contributed by atoms with Gasteiger partial charge in [0.05, 0.1) is 24.7 Å². The molecule has 3 rings (SSSR count). The maximum atomic E-state index is 11.5. The van der Waals surface area contributed by atoms with Gasteiger partial charge in [-0.1, -0.05) is 0 Å². The number of sulfone groups is 1. The number of aliphatic imine (C=N–C) groups is 1. The molecule has 1 unspecified atom stereocenters. The van der Waals surface area contributed by atoms with Crippen molar-refractivity contribution in [2.75, 3.05) is 84.1 Å². The summed E-state index contributed by atoms with van der Waals surface area (Å²) in [6.45, 7) is 8.73. The molecule has 0 aromatic carbocycles. The summed E-state index contributed by atoms with van der Waals surface area (Å²) in [6.07, 6.45) is 1.17. The van der Waals surface area contributed by atoms with E-state index in [4.69, 9.17) is 4.74 Å². The zero-order chi connectivity index (χ0) is 17.7. The number of hydrogen-bond donors (Lipinski definition) is 1. The fraction of sp³-hybridized carbons (Fsp3) is 0.938. The Morgan fingerprint density at radius 2 is 1.88 bits per heavy atom. The van der Waals surface area contributed by atoms with Crippen LogP contribution in [0.2, 0.25) is 0 Å². The highest BCUT2D eigenvalue weighted by molar-refractivity contribution is 7.91. The predicted octanol–water partition coefficient (Wildman–Crippen LogP) is -1.30. The average molecular weight is 374 g/mol. The minimum atomic E-state index is -2.80. The Kier molecular flexibility index (Phi) is 6.54. The first-order valence-electron chi connectivity index (χ1n) is 9.27. The molecule has 0 aromatic heterocycles. The second-order valence-electron chi connectivity index (χ2n) is 7.00. The van der Waals surface area contributed by atoms with E-state index in [1.54, 1.807) is 0 Å². The minimum absolute atomic E-state index is 0.287. The van der Waals surface area contributed by atoms with E-state index in [2.05, 4.69) is 25.0 Å². The van der Waals surface area contributed by atoms with Crippen molar-refractivity contribution in [2.24, 2.45) is 4.99 Å². The molecule has 0 bridgehead atoms. The average Bonchev–Trinajstić information content (AvgIpc) is 3.11. The quantitative estimate of drug-likeness (QED) is 0.485. The van der Waals surface area contributed by atoms with Gasteiger partial charge in [0.1, 0.15) is 0 Å². The molecule has 0 radical (unpaired) electrons. The second-order valence-corrected chi connectivity index (χ2v) is 9.31. The van der Waals surface area contributed by atoms with Crippen molar-refractivity contribution in [1.82, 2.24) is 20.0 Å². The Morgan fingerprint density at radius 1 is 1.16 bits per heavy atom. The highest BCUT2D eigenvalue weighted by Crippen LogP contribution is 2.17. The topological polar surface area (TPSA) is 77.5 Å². The Balaban J connectivity index is 1.39. The number of ether oxygens (including phenoxy) is 1. The van der Waals surface area contributed by atoms with Crippen LogP contribution in [0.4, 0.5) is 0 Å². The monoisotopic (exact) mass is 373 g/mol. The molecule has 3 fully saturated rings. The Labute approximate surface area is 151 Å². The first kappa shape index (κ1) is 18.9. The van der Waals surface area contributed by atoms with Crippen molar-refractivity contribution in [3.63, 3.8) is 0 Å². The van der Waals surface area contributed by atoms with Crippen molar-refractivity contribution < 1.29 is 13.2 Å². The van der Waals surface area contributed by atoms with E-state index >= 15 is 0 Å². The fourth-order valence-corrected chi connectivity index (χ4v) is 5.08. The highest BCUT2D eigenvalue weighted by atomic mass is 32.2. The number of guanidine groups is 1. The third kappa shape index (κ3) is 5.29. The van der Waals surface area contributed by atoms with Gasteiger partial charge >= 0.3 is 0 Å². The van der Waals surface area contributed by atoms with Gasteiger partial charge in [0, 0.05) is 65.4 Å². The van der Waals surface area contributed by atoms with Crippen LogP contribution in [-0.4, -0.2) is 119 Å². The molecule has 3 saturated heterocycles. The molecule has 1 atom stereocenters. The summed E-state index contributed by atoms with van der Waals surface area (Å²) in [6, 6.07) is 0.592. The van der Waals surface area contributed by atoms with Crippen LogP contribution in [-0.2, 0) is 14.6 Å². The lowest BCUT2D eigenvalue weighted by atomic mass is 10.2. The molecular formula is C16H31N5O3S. The predicted molar refractivity (Wildman–Crippen MR) is 98.8 cm³/mol. The van der Waals surface area contributed by atoms with E-state index in [0.29, 0.717) is 19.1 Å². The molecule has 0 spiro atoms. The molecule has 3 aliphatic heterocycles. The largest absolute Gasteiger partial charge is 0.379 e. The molecule has 144 valence electrons. The SMILES string of the molecule is CN=C(NCCN1CCS(=O)(=O)CC1)N1CCC(N2CCOCC2)C1. The van der Waals surface area contributed by atoms with Gasteiger partial charge in [0.25, 0.3) is 0 Å². The van der Waals surface area contributed by atoms with Gasteiger partial charge in [-0.2, -0.15) is 0 Å². The van der Waals surface area contributed by atoms with Gasteiger partial charge < -0.3 is 15.0 Å². The summed E-state index contributed by atoms with van der Waals surface area (Å²) < 4.78 is 28.4. The smallest absolute Gasteiger partial charge is 0.193 e. The molecular weight excluding hydrogens is 342 g/mol. The van der Waals surface area contributed by atoms with Crippen molar-refractivity contribution in [1.29, 1.82) is 0 Å². The van der Waals surface area contributed by atoms with E-state index in [0.717, 1.165) is 58.4 Å². The lowest BCUT2D eigenvalue weighted by Gasteiger charge is -2.32. The van der Waals surface area contributed by atoms with Gasteiger partial charge in [-0.3, -0.25) is 14.8 Å². The van der Waals surface area contributed by atoms with Crippen LogP contribution in [0.15, 0.2) is 4.99 Å². The molecule has 9 heteroatoms. The number of rotatable bonds is 4. The summed E-state index contributed by atoms with van der Waals surface area (Å²) >= 11 is 0. The number of hydrogen-bond acceptors (Lipinski definition) is 6. The van der Waals surface area contributed by atoms with Crippen LogP contribution in [0.5, 0.6) is 0 Å². The van der Waals surface area contributed by atoms with Crippen molar-refractivity contribution in [3.05, 3.63) is 0 Å². The summed E-state index contributed by atoms with van der Waals surface area (Å²) in [7, 11) is -0.968. The van der Waals surface area contributed by atoms with Crippen LogP contribution in [0.25, 0.3) is 0 Å². The first-order valence-corrected chi connectivity index (χ1v) is 11.1. The molecule has 3 heterocycles. The molecule has 0 saturated carbocycles. The fourth-order valence-electron chi connectivity index (χ4n) is 3.81. The van der Waals surface area contributed by atoms with Crippen molar-refractivity contribution in [3.8, 4) is 0 Å². The first-order chi connectivity index (χ1) is 12.1. The van der Waals surface area contributed by atoms with Gasteiger partial charge in [-0.05, 0) is 6.42 Å². The molecule has 8 nitrogen and oxygen atoms in total. The molecule has 1 N–H and O–H groups in total. The standard InChI is InChI=1S/C16H31N5O3S/c1-17-16(18-3-5-19-8-12-25(22,23)13-9-19)21-4-2-15(14-21)20-6-10-24-11-7-20/h15H,2-14H2,1H3,(H,17,18). The van der Waals surface area contributed by atoms with Gasteiger partial charge in [0.2, 0.25) is 0 Å². The van der Waals surface area contributed by atoms with E-state index in [-0.39, 0.29) is 11.5 Å². The zero-order valence-corrected chi connectivity index (χ0v) is 16.0. The second kappa shape index (κ2) is 8.66. The van der Waals surface area contributed by atoms with Crippen molar-refractivity contribution in [2.45, 2.75) is 12.5 Å². The van der Waals surface area contributed by atoms with Crippen LogP contribution in [0.3, 0.4) is 0 Å². The highest BCUT2D eigenvalue weighted by Gasteiger charge is 2.30. The molecule has 25 heavy (non-hydrogen) atoms. The molecule has 0 amide bonds. The van der Waals surface area contributed by atoms with Gasteiger partial charge in [-0.25, -0.2) is 8.42 Å². The Morgan fingerprint density at radius 3 is 2.56 bits per heavy atom. The van der Waals surface area contributed by atoms with Crippen LogP contribution in [0, 0.1) is 0 Å². The third-order valence-electron chi connectivity index (χ3n) is 5.38. The van der Waals surface area contributed by atoms with Crippen LogP contribution >= 0.6 is 0 Å². The summed E-state index contributed by atoms with van der Waals surface area (Å²) in [5, 5.41) is 3.44. The number of likely N-dealkylation sites (tertiary alicyclic amines) is 1. The molecule has 0 aromatic rings. The maximum absolute atomic E-state index is 11.5.